The maximum atomic E-state index is 15.0. The number of piperidine rings is 2. The molecule has 31 heavy (non-hydrogen) atoms. The van der Waals surface area contributed by atoms with Gasteiger partial charge in [-0.3, -0.25) is 4.98 Å². The number of nitrogens with zero attached hydrogens (tertiary/aromatic N) is 3. The van der Waals surface area contributed by atoms with E-state index in [0.29, 0.717) is 25.1 Å². The van der Waals surface area contributed by atoms with Crippen LogP contribution in [0, 0.1) is 5.82 Å². The van der Waals surface area contributed by atoms with Crippen molar-refractivity contribution in [3.05, 3.63) is 48.5 Å². The van der Waals surface area contributed by atoms with E-state index in [9.17, 15) is 14.3 Å². The first kappa shape index (κ1) is 20.2. The topological polar surface area (TPSA) is 65.9 Å². The standard InChI is InChI=1S/C24H28FN3O3/c25-22-12-17(16-7-9-26-10-8-16)3-6-23(22)27-11-1-2-21(15-27)31-24(30)28-18-4-5-19(28)14-20(29)13-18/h3,6-10,12,18-21,29H,1-2,4-5,11,13-15H2. The quantitative estimate of drug-likeness (QED) is 0.806. The van der Waals surface area contributed by atoms with Gasteiger partial charge in [0, 0.05) is 31.0 Å². The molecule has 2 bridgehead atoms. The molecule has 0 spiro atoms. The van der Waals surface area contributed by atoms with Gasteiger partial charge in [-0.1, -0.05) is 6.07 Å². The number of anilines is 1. The van der Waals surface area contributed by atoms with Crippen molar-refractivity contribution in [2.45, 2.75) is 62.8 Å². The van der Waals surface area contributed by atoms with Crippen molar-refractivity contribution in [3.63, 3.8) is 0 Å². The molecule has 3 fully saturated rings. The molecule has 3 aliphatic rings. The average molecular weight is 426 g/mol. The number of amides is 1. The smallest absolute Gasteiger partial charge is 0.410 e. The van der Waals surface area contributed by atoms with E-state index in [2.05, 4.69) is 4.98 Å². The second-order valence-electron chi connectivity index (χ2n) is 8.91. The molecule has 3 atom stereocenters. The van der Waals surface area contributed by atoms with Gasteiger partial charge in [-0.2, -0.15) is 0 Å². The summed E-state index contributed by atoms with van der Waals surface area (Å²) in [4.78, 5) is 20.7. The molecule has 1 aromatic carbocycles. The predicted molar refractivity (Wildman–Crippen MR) is 115 cm³/mol. The number of hydrogen-bond acceptors (Lipinski definition) is 5. The number of pyridine rings is 1. The second-order valence-corrected chi connectivity index (χ2v) is 8.91. The first-order chi connectivity index (χ1) is 15.1. The molecular weight excluding hydrogens is 397 g/mol. The third-order valence-corrected chi connectivity index (χ3v) is 6.87. The molecule has 0 radical (unpaired) electrons. The minimum Gasteiger partial charge on any atom is -0.444 e. The maximum Gasteiger partial charge on any atom is 0.410 e. The Morgan fingerprint density at radius 2 is 1.81 bits per heavy atom. The van der Waals surface area contributed by atoms with Gasteiger partial charge in [0.2, 0.25) is 0 Å². The lowest BCUT2D eigenvalue weighted by molar-refractivity contribution is 0.00640. The number of benzene rings is 1. The molecule has 7 heteroatoms. The summed E-state index contributed by atoms with van der Waals surface area (Å²) in [6, 6.07) is 9.16. The lowest BCUT2D eigenvalue weighted by Crippen LogP contribution is -2.50. The lowest BCUT2D eigenvalue weighted by Gasteiger charge is -2.39. The zero-order chi connectivity index (χ0) is 21.4. The SMILES string of the molecule is O=C(OC1CCCN(c2ccc(-c3ccncc3)cc2F)C1)N1C2CCC1CC(O)C2. The number of rotatable bonds is 3. The Morgan fingerprint density at radius 1 is 1.06 bits per heavy atom. The zero-order valence-electron chi connectivity index (χ0n) is 17.5. The Labute approximate surface area is 181 Å². The van der Waals surface area contributed by atoms with Crippen LogP contribution in [0.5, 0.6) is 0 Å². The van der Waals surface area contributed by atoms with Gasteiger partial charge in [-0.05, 0) is 73.9 Å². The minimum absolute atomic E-state index is 0.0825. The van der Waals surface area contributed by atoms with Crippen molar-refractivity contribution in [1.82, 2.24) is 9.88 Å². The third kappa shape index (κ3) is 4.11. The first-order valence-corrected chi connectivity index (χ1v) is 11.2. The van der Waals surface area contributed by atoms with Crippen molar-refractivity contribution < 1.29 is 19.0 Å². The number of carbonyl (C=O) groups is 1. The van der Waals surface area contributed by atoms with E-state index < -0.39 is 0 Å². The van der Waals surface area contributed by atoms with Crippen LogP contribution in [0.1, 0.15) is 38.5 Å². The molecule has 4 heterocycles. The van der Waals surface area contributed by atoms with Crippen molar-refractivity contribution in [1.29, 1.82) is 0 Å². The third-order valence-electron chi connectivity index (χ3n) is 6.87. The fraction of sp³-hybridized carbons (Fsp3) is 0.500. The molecule has 5 rings (SSSR count). The number of aromatic nitrogens is 1. The van der Waals surface area contributed by atoms with E-state index in [1.807, 2.05) is 34.1 Å². The van der Waals surface area contributed by atoms with Gasteiger partial charge in [-0.15, -0.1) is 0 Å². The summed E-state index contributed by atoms with van der Waals surface area (Å²) in [5, 5.41) is 9.97. The number of fused-ring (bicyclic) bond motifs is 2. The Hall–Kier alpha value is -2.67. The van der Waals surface area contributed by atoms with Gasteiger partial charge in [0.1, 0.15) is 11.9 Å². The molecule has 164 valence electrons. The molecule has 0 aliphatic carbocycles. The number of ether oxygens (including phenoxy) is 1. The fourth-order valence-electron chi connectivity index (χ4n) is 5.39. The van der Waals surface area contributed by atoms with Gasteiger partial charge in [-0.25, -0.2) is 9.18 Å². The van der Waals surface area contributed by atoms with Gasteiger partial charge in [0.25, 0.3) is 0 Å². The van der Waals surface area contributed by atoms with E-state index in [4.69, 9.17) is 4.74 Å². The summed E-state index contributed by atoms with van der Waals surface area (Å²) in [6.45, 7) is 1.23. The fourth-order valence-corrected chi connectivity index (χ4v) is 5.39. The predicted octanol–water partition coefficient (Wildman–Crippen LogP) is 3.98. The van der Waals surface area contributed by atoms with Crippen LogP contribution in [-0.4, -0.2) is 58.5 Å². The highest BCUT2D eigenvalue weighted by Gasteiger charge is 2.44. The highest BCUT2D eigenvalue weighted by Crippen LogP contribution is 2.37. The van der Waals surface area contributed by atoms with E-state index in [1.165, 1.54) is 0 Å². The summed E-state index contributed by atoms with van der Waals surface area (Å²) < 4.78 is 20.8. The summed E-state index contributed by atoms with van der Waals surface area (Å²) in [6.07, 6.45) is 7.30. The van der Waals surface area contributed by atoms with Crippen LogP contribution in [0.3, 0.4) is 0 Å². The number of aliphatic hydroxyl groups is 1. The number of carbonyl (C=O) groups excluding carboxylic acids is 1. The van der Waals surface area contributed by atoms with E-state index in [0.717, 1.165) is 43.4 Å². The number of aliphatic hydroxyl groups excluding tert-OH is 1. The molecule has 1 amide bonds. The second kappa shape index (κ2) is 8.46. The molecule has 1 aromatic heterocycles. The van der Waals surface area contributed by atoms with E-state index >= 15 is 0 Å². The van der Waals surface area contributed by atoms with Crippen molar-refractivity contribution in [3.8, 4) is 11.1 Å². The molecule has 3 unspecified atom stereocenters. The lowest BCUT2D eigenvalue weighted by atomic mass is 10.0. The highest BCUT2D eigenvalue weighted by atomic mass is 19.1. The van der Waals surface area contributed by atoms with Crippen LogP contribution in [-0.2, 0) is 4.74 Å². The van der Waals surface area contributed by atoms with Gasteiger partial charge >= 0.3 is 6.09 Å². The van der Waals surface area contributed by atoms with E-state index in [1.54, 1.807) is 18.5 Å². The Morgan fingerprint density at radius 3 is 2.52 bits per heavy atom. The van der Waals surface area contributed by atoms with Gasteiger partial charge in [0.15, 0.2) is 0 Å². The molecule has 3 saturated heterocycles. The largest absolute Gasteiger partial charge is 0.444 e. The molecule has 2 aromatic rings. The van der Waals surface area contributed by atoms with Crippen molar-refractivity contribution in [2.75, 3.05) is 18.0 Å². The molecule has 0 saturated carbocycles. The summed E-state index contributed by atoms with van der Waals surface area (Å²) in [5.74, 6) is -0.274. The van der Waals surface area contributed by atoms with Crippen LogP contribution in [0.4, 0.5) is 14.9 Å². The number of hydrogen-bond donors (Lipinski definition) is 1. The average Bonchev–Trinajstić information content (AvgIpc) is 3.06. The molecule has 1 N–H and O–H groups in total. The summed E-state index contributed by atoms with van der Waals surface area (Å²) in [7, 11) is 0. The van der Waals surface area contributed by atoms with Gasteiger partial charge < -0.3 is 19.6 Å². The highest BCUT2D eigenvalue weighted by molar-refractivity contribution is 5.70. The maximum absolute atomic E-state index is 15.0. The van der Waals surface area contributed by atoms with E-state index in [-0.39, 0.29) is 36.2 Å². The first-order valence-electron chi connectivity index (χ1n) is 11.2. The Kier molecular flexibility index (Phi) is 5.52. The van der Waals surface area contributed by atoms with Crippen LogP contribution >= 0.6 is 0 Å². The zero-order valence-corrected chi connectivity index (χ0v) is 17.5. The van der Waals surface area contributed by atoms with Crippen LogP contribution in [0.15, 0.2) is 42.7 Å². The number of halogens is 1. The van der Waals surface area contributed by atoms with Crippen molar-refractivity contribution in [2.24, 2.45) is 0 Å². The Bertz CT molecular complexity index is 927. The normalized spacial score (nSPS) is 27.9. The summed E-state index contributed by atoms with van der Waals surface area (Å²) in [5.41, 5.74) is 2.28. The van der Waals surface area contributed by atoms with Gasteiger partial charge in [0.05, 0.1) is 18.3 Å². The molecular formula is C24H28FN3O3. The minimum atomic E-state index is -0.315. The van der Waals surface area contributed by atoms with Crippen LogP contribution in [0.25, 0.3) is 11.1 Å². The Balaban J connectivity index is 1.25. The molecule has 6 nitrogen and oxygen atoms in total. The van der Waals surface area contributed by atoms with Crippen LogP contribution in [0.2, 0.25) is 0 Å². The van der Waals surface area contributed by atoms with Crippen LogP contribution < -0.4 is 4.90 Å². The van der Waals surface area contributed by atoms with Crippen molar-refractivity contribution >= 4 is 11.8 Å². The summed E-state index contributed by atoms with van der Waals surface area (Å²) >= 11 is 0. The molecule has 3 aliphatic heterocycles. The monoisotopic (exact) mass is 425 g/mol.